The third kappa shape index (κ3) is 4.07. The van der Waals surface area contributed by atoms with Gasteiger partial charge in [-0.25, -0.2) is 4.39 Å². The van der Waals surface area contributed by atoms with Crippen molar-refractivity contribution in [2.45, 2.75) is 12.3 Å². The Morgan fingerprint density at radius 1 is 1.09 bits per heavy atom. The van der Waals surface area contributed by atoms with Gasteiger partial charge in [-0.05, 0) is 18.2 Å². The number of amides is 1. The Bertz CT molecular complexity index is 700. The summed E-state index contributed by atoms with van der Waals surface area (Å²) in [5.74, 6) is -1.65. The molecule has 0 heterocycles. The number of halogens is 4. The molecule has 0 aromatic heterocycles. The second-order valence-corrected chi connectivity index (χ2v) is 4.79. The molecule has 2 rings (SSSR count). The number of hydrogen-bond acceptors (Lipinski definition) is 2. The van der Waals surface area contributed by atoms with E-state index in [1.54, 1.807) is 0 Å². The molecule has 1 unspecified atom stereocenters. The molecule has 0 saturated heterocycles. The van der Waals surface area contributed by atoms with Crippen molar-refractivity contribution in [3.8, 4) is 0 Å². The summed E-state index contributed by atoms with van der Waals surface area (Å²) in [6.45, 7) is -0.411. The zero-order valence-corrected chi connectivity index (χ0v) is 11.8. The maximum Gasteiger partial charge on any atom is 0.417 e. The zero-order valence-electron chi connectivity index (χ0n) is 11.8. The molecule has 0 aliphatic carbocycles. The maximum atomic E-state index is 13.5. The van der Waals surface area contributed by atoms with E-state index in [9.17, 15) is 27.5 Å². The van der Waals surface area contributed by atoms with Crippen LogP contribution in [0.5, 0.6) is 0 Å². The highest BCUT2D eigenvalue weighted by Crippen LogP contribution is 2.31. The van der Waals surface area contributed by atoms with Crippen LogP contribution in [0.2, 0.25) is 0 Å². The number of rotatable bonds is 4. The predicted molar refractivity (Wildman–Crippen MR) is 75.1 cm³/mol. The Kier molecular flexibility index (Phi) is 5.00. The second kappa shape index (κ2) is 6.78. The number of carbonyl (C=O) groups excluding carboxylic acids is 1. The number of benzene rings is 2. The molecule has 3 nitrogen and oxygen atoms in total. The molecule has 0 aliphatic rings. The molecule has 0 radical (unpaired) electrons. The summed E-state index contributed by atoms with van der Waals surface area (Å²) < 4.78 is 52.0. The van der Waals surface area contributed by atoms with Gasteiger partial charge in [-0.3, -0.25) is 4.79 Å². The van der Waals surface area contributed by atoms with Gasteiger partial charge >= 0.3 is 6.18 Å². The molecule has 0 aliphatic heterocycles. The first-order valence-electron chi connectivity index (χ1n) is 6.67. The van der Waals surface area contributed by atoms with E-state index in [1.165, 1.54) is 30.3 Å². The topological polar surface area (TPSA) is 49.3 Å². The molecule has 0 saturated carbocycles. The number of aliphatic hydroxyl groups excluding tert-OH is 1. The molecule has 122 valence electrons. The van der Waals surface area contributed by atoms with E-state index < -0.39 is 41.7 Å². The van der Waals surface area contributed by atoms with Gasteiger partial charge in [0.1, 0.15) is 5.82 Å². The van der Waals surface area contributed by atoms with Gasteiger partial charge in [0.25, 0.3) is 5.91 Å². The van der Waals surface area contributed by atoms with E-state index in [1.807, 2.05) is 0 Å². The normalized spacial score (nSPS) is 12.7. The summed E-state index contributed by atoms with van der Waals surface area (Å²) >= 11 is 0. The van der Waals surface area contributed by atoms with Gasteiger partial charge in [-0.15, -0.1) is 0 Å². The fraction of sp³-hybridized carbons (Fsp3) is 0.188. The van der Waals surface area contributed by atoms with E-state index in [0.29, 0.717) is 0 Å². The quantitative estimate of drug-likeness (QED) is 0.847. The number of carbonyl (C=O) groups is 1. The van der Waals surface area contributed by atoms with Crippen LogP contribution in [-0.2, 0) is 6.18 Å². The predicted octanol–water partition coefficient (Wildman–Crippen LogP) is 3.31. The minimum absolute atomic E-state index is 0.0445. The number of aliphatic hydroxyl groups is 1. The SMILES string of the molecule is O=C(NCC(O)c1ccccc1F)c1ccccc1C(F)(F)F. The van der Waals surface area contributed by atoms with Crippen molar-refractivity contribution in [2.75, 3.05) is 6.54 Å². The number of hydrogen-bond donors (Lipinski definition) is 2. The minimum Gasteiger partial charge on any atom is -0.386 e. The summed E-state index contributed by atoms with van der Waals surface area (Å²) in [5, 5.41) is 12.0. The Labute approximate surface area is 129 Å². The van der Waals surface area contributed by atoms with E-state index >= 15 is 0 Å². The molecule has 2 aromatic rings. The van der Waals surface area contributed by atoms with Crippen LogP contribution in [0.15, 0.2) is 48.5 Å². The van der Waals surface area contributed by atoms with Crippen molar-refractivity contribution in [3.05, 3.63) is 71.0 Å². The summed E-state index contributed by atoms with van der Waals surface area (Å²) in [4.78, 5) is 11.9. The second-order valence-electron chi connectivity index (χ2n) is 4.79. The highest BCUT2D eigenvalue weighted by Gasteiger charge is 2.34. The average Bonchev–Trinajstić information content (AvgIpc) is 2.52. The van der Waals surface area contributed by atoms with Crippen LogP contribution < -0.4 is 5.32 Å². The lowest BCUT2D eigenvalue weighted by atomic mass is 10.1. The molecular formula is C16H13F4NO2. The summed E-state index contributed by atoms with van der Waals surface area (Å²) in [6.07, 6.45) is -6.03. The molecule has 0 spiro atoms. The van der Waals surface area contributed by atoms with Gasteiger partial charge in [0, 0.05) is 12.1 Å². The summed E-state index contributed by atoms with van der Waals surface area (Å²) in [5.41, 5.74) is -1.67. The first-order chi connectivity index (χ1) is 10.8. The first-order valence-corrected chi connectivity index (χ1v) is 6.67. The van der Waals surface area contributed by atoms with Crippen LogP contribution in [0.1, 0.15) is 27.6 Å². The van der Waals surface area contributed by atoms with Gasteiger partial charge < -0.3 is 10.4 Å². The lowest BCUT2D eigenvalue weighted by Crippen LogP contribution is -2.30. The Morgan fingerprint density at radius 3 is 2.35 bits per heavy atom. The van der Waals surface area contributed by atoms with E-state index in [-0.39, 0.29) is 5.56 Å². The van der Waals surface area contributed by atoms with Crippen molar-refractivity contribution in [1.82, 2.24) is 5.32 Å². The summed E-state index contributed by atoms with van der Waals surface area (Å²) in [7, 11) is 0. The molecule has 0 bridgehead atoms. The Hall–Kier alpha value is -2.41. The van der Waals surface area contributed by atoms with E-state index in [0.717, 1.165) is 18.2 Å². The van der Waals surface area contributed by atoms with Gasteiger partial charge in [0.15, 0.2) is 0 Å². The highest BCUT2D eigenvalue weighted by atomic mass is 19.4. The van der Waals surface area contributed by atoms with E-state index in [4.69, 9.17) is 0 Å². The number of nitrogens with one attached hydrogen (secondary N) is 1. The van der Waals surface area contributed by atoms with Crippen LogP contribution in [0.4, 0.5) is 17.6 Å². The highest BCUT2D eigenvalue weighted by molar-refractivity contribution is 5.95. The fourth-order valence-electron chi connectivity index (χ4n) is 2.07. The fourth-order valence-corrected chi connectivity index (χ4v) is 2.07. The third-order valence-electron chi connectivity index (χ3n) is 3.20. The van der Waals surface area contributed by atoms with Gasteiger partial charge in [0.2, 0.25) is 0 Å². The van der Waals surface area contributed by atoms with E-state index in [2.05, 4.69) is 5.32 Å². The van der Waals surface area contributed by atoms with Crippen molar-refractivity contribution >= 4 is 5.91 Å². The molecule has 1 atom stereocenters. The Morgan fingerprint density at radius 2 is 1.70 bits per heavy atom. The maximum absolute atomic E-state index is 13.5. The molecule has 23 heavy (non-hydrogen) atoms. The Balaban J connectivity index is 2.11. The standard InChI is InChI=1S/C16H13F4NO2/c17-13-8-4-2-6-11(13)14(22)9-21-15(23)10-5-1-3-7-12(10)16(18,19)20/h1-8,14,22H,9H2,(H,21,23). The van der Waals surface area contributed by atoms with Crippen molar-refractivity contribution in [2.24, 2.45) is 0 Å². The third-order valence-corrected chi connectivity index (χ3v) is 3.20. The first kappa shape index (κ1) is 17.0. The largest absolute Gasteiger partial charge is 0.417 e. The molecular weight excluding hydrogens is 314 g/mol. The van der Waals surface area contributed by atoms with Crippen molar-refractivity contribution in [3.63, 3.8) is 0 Å². The zero-order chi connectivity index (χ0) is 17.0. The van der Waals surface area contributed by atoms with Gasteiger partial charge in [-0.2, -0.15) is 13.2 Å². The number of alkyl halides is 3. The molecule has 7 heteroatoms. The van der Waals surface area contributed by atoms with Crippen molar-refractivity contribution < 1.29 is 27.5 Å². The van der Waals surface area contributed by atoms with Crippen molar-refractivity contribution in [1.29, 1.82) is 0 Å². The van der Waals surface area contributed by atoms with Gasteiger partial charge in [0.05, 0.1) is 17.2 Å². The smallest absolute Gasteiger partial charge is 0.386 e. The molecule has 2 aromatic carbocycles. The van der Waals surface area contributed by atoms with Crippen LogP contribution in [0.25, 0.3) is 0 Å². The van der Waals surface area contributed by atoms with Crippen LogP contribution >= 0.6 is 0 Å². The van der Waals surface area contributed by atoms with Gasteiger partial charge in [-0.1, -0.05) is 30.3 Å². The van der Waals surface area contributed by atoms with Crippen LogP contribution in [0.3, 0.4) is 0 Å². The van der Waals surface area contributed by atoms with Crippen LogP contribution in [-0.4, -0.2) is 17.6 Å². The summed E-state index contributed by atoms with van der Waals surface area (Å²) in [6, 6.07) is 9.71. The minimum atomic E-state index is -4.67. The lowest BCUT2D eigenvalue weighted by molar-refractivity contribution is -0.137. The van der Waals surface area contributed by atoms with Crippen LogP contribution in [0, 0.1) is 5.82 Å². The molecule has 2 N–H and O–H groups in total. The molecule has 1 amide bonds. The molecule has 0 fully saturated rings. The monoisotopic (exact) mass is 327 g/mol. The average molecular weight is 327 g/mol. The lowest BCUT2D eigenvalue weighted by Gasteiger charge is -2.15.